The van der Waals surface area contributed by atoms with E-state index in [9.17, 15) is 14.4 Å². The van der Waals surface area contributed by atoms with E-state index >= 15 is 0 Å². The second-order valence-electron chi connectivity index (χ2n) is 19.3. The highest BCUT2D eigenvalue weighted by atomic mass is 79.9. The molecule has 0 spiro atoms. The summed E-state index contributed by atoms with van der Waals surface area (Å²) in [7, 11) is 0. The molecule has 14 nitrogen and oxygen atoms in total. The maximum absolute atomic E-state index is 14.4. The SMILES string of the molecule is Cc1ccc(-c2c(C)noc2C)cc1N(CCN1CCN(CC(=O)N[C@H](C(=O)N2CCC[C@H]2C(=O)N[C@@H](C)c2ccc(-c3scnc3C)cc2)C(C)(C)C)CC1)c1ccc(-n2ccnc2)c(Br)c1. The van der Waals surface area contributed by atoms with E-state index in [0.717, 1.165) is 104 Å². The Kier molecular flexibility index (Phi) is 15.0. The molecule has 5 heterocycles. The Balaban J connectivity index is 0.880. The van der Waals surface area contributed by atoms with Crippen molar-refractivity contribution in [3.63, 3.8) is 0 Å². The molecule has 3 aromatic carbocycles. The third-order valence-corrected chi connectivity index (χ3v) is 15.0. The predicted octanol–water partition coefficient (Wildman–Crippen LogP) is 8.80. The van der Waals surface area contributed by atoms with Gasteiger partial charge in [0.05, 0.1) is 46.4 Å². The van der Waals surface area contributed by atoms with Gasteiger partial charge in [0.25, 0.3) is 0 Å². The van der Waals surface area contributed by atoms with Crippen LogP contribution in [-0.4, -0.2) is 117 Å². The number of nitrogens with zero attached hydrogens (tertiary/aromatic N) is 8. The fourth-order valence-electron chi connectivity index (χ4n) is 9.45. The lowest BCUT2D eigenvalue weighted by molar-refractivity contribution is -0.144. The first-order valence-corrected chi connectivity index (χ1v) is 25.2. The van der Waals surface area contributed by atoms with Crippen molar-refractivity contribution in [1.82, 2.24) is 45.0 Å². The summed E-state index contributed by atoms with van der Waals surface area (Å²) < 4.78 is 8.50. The Morgan fingerprint density at radius 3 is 2.29 bits per heavy atom. The molecule has 2 fully saturated rings. The number of carbonyl (C=O) groups excluding carboxylic acids is 3. The molecule has 2 aliphatic rings. The lowest BCUT2D eigenvalue weighted by Gasteiger charge is -2.38. The van der Waals surface area contributed by atoms with Gasteiger partial charge in [-0.3, -0.25) is 24.2 Å². The van der Waals surface area contributed by atoms with Crippen LogP contribution in [0.2, 0.25) is 0 Å². The van der Waals surface area contributed by atoms with E-state index in [4.69, 9.17) is 4.52 Å². The van der Waals surface area contributed by atoms with E-state index in [-0.39, 0.29) is 30.3 Å². The second-order valence-corrected chi connectivity index (χ2v) is 21.0. The first kappa shape index (κ1) is 48.8. The summed E-state index contributed by atoms with van der Waals surface area (Å²) in [6.45, 7) is 21.1. The van der Waals surface area contributed by atoms with Gasteiger partial charge >= 0.3 is 0 Å². The molecule has 3 amide bonds. The summed E-state index contributed by atoms with van der Waals surface area (Å²) in [5.41, 5.74) is 11.6. The van der Waals surface area contributed by atoms with Crippen molar-refractivity contribution in [3.8, 4) is 27.3 Å². The largest absolute Gasteiger partial charge is 0.361 e. The van der Waals surface area contributed by atoms with Crippen LogP contribution in [0, 0.1) is 33.1 Å². The van der Waals surface area contributed by atoms with Crippen molar-refractivity contribution in [2.75, 3.05) is 57.3 Å². The molecule has 3 atom stereocenters. The number of aromatic nitrogens is 4. The van der Waals surface area contributed by atoms with Crippen molar-refractivity contribution >= 4 is 56.4 Å². The number of imidazole rings is 1. The maximum Gasteiger partial charge on any atom is 0.246 e. The van der Waals surface area contributed by atoms with Gasteiger partial charge in [-0.25, -0.2) is 9.97 Å². The number of halogens is 1. The van der Waals surface area contributed by atoms with Crippen LogP contribution in [0.15, 0.2) is 93.9 Å². The van der Waals surface area contributed by atoms with Crippen LogP contribution in [0.5, 0.6) is 0 Å². The van der Waals surface area contributed by atoms with Crippen LogP contribution in [-0.2, 0) is 14.4 Å². The smallest absolute Gasteiger partial charge is 0.246 e. The number of hydrogen-bond donors (Lipinski definition) is 2. The Hall–Kier alpha value is -5.68. The third kappa shape index (κ3) is 10.9. The van der Waals surface area contributed by atoms with Crippen LogP contribution >= 0.6 is 27.3 Å². The van der Waals surface area contributed by atoms with E-state index in [1.807, 2.05) is 76.9 Å². The molecule has 2 N–H and O–H groups in total. The number of aryl methyl sites for hydroxylation is 4. The Morgan fingerprint density at radius 1 is 0.912 bits per heavy atom. The molecule has 68 heavy (non-hydrogen) atoms. The molecule has 2 aliphatic heterocycles. The topological polar surface area (TPSA) is 145 Å². The zero-order valence-electron chi connectivity index (χ0n) is 40.4. The number of benzene rings is 3. The predicted molar refractivity (Wildman–Crippen MR) is 272 cm³/mol. The van der Waals surface area contributed by atoms with E-state index < -0.39 is 17.5 Å². The summed E-state index contributed by atoms with van der Waals surface area (Å²) in [5.74, 6) is 0.200. The highest BCUT2D eigenvalue weighted by Crippen LogP contribution is 2.37. The van der Waals surface area contributed by atoms with Crippen LogP contribution in [0.3, 0.4) is 0 Å². The molecule has 3 aromatic heterocycles. The number of carbonyl (C=O) groups is 3. The normalized spacial score (nSPS) is 16.7. The van der Waals surface area contributed by atoms with E-state index in [0.29, 0.717) is 26.1 Å². The number of nitrogens with one attached hydrogen (secondary N) is 2. The minimum absolute atomic E-state index is 0.178. The molecule has 0 saturated carbocycles. The lowest BCUT2D eigenvalue weighted by atomic mass is 9.85. The van der Waals surface area contributed by atoms with Gasteiger partial charge in [-0.1, -0.05) is 62.3 Å². The Labute approximate surface area is 412 Å². The summed E-state index contributed by atoms with van der Waals surface area (Å²) in [6, 6.07) is 19.5. The molecule has 0 aliphatic carbocycles. The van der Waals surface area contributed by atoms with Crippen molar-refractivity contribution in [2.45, 2.75) is 86.4 Å². The fraction of sp³-hybridized carbons (Fsp3) is 0.423. The van der Waals surface area contributed by atoms with Crippen molar-refractivity contribution in [2.24, 2.45) is 5.41 Å². The highest BCUT2D eigenvalue weighted by Gasteiger charge is 2.42. The van der Waals surface area contributed by atoms with Gasteiger partial charge in [0.2, 0.25) is 17.7 Å². The fourth-order valence-corrected chi connectivity index (χ4v) is 10.8. The molecule has 0 radical (unpaired) electrons. The minimum Gasteiger partial charge on any atom is -0.361 e. The van der Waals surface area contributed by atoms with Gasteiger partial charge in [0, 0.05) is 79.6 Å². The Bertz CT molecular complexity index is 2700. The second kappa shape index (κ2) is 20.9. The third-order valence-electron chi connectivity index (χ3n) is 13.4. The summed E-state index contributed by atoms with van der Waals surface area (Å²) >= 11 is 5.45. The van der Waals surface area contributed by atoms with Gasteiger partial charge < -0.3 is 29.5 Å². The molecule has 0 unspecified atom stereocenters. The standard InChI is InChI=1S/C52H63BrN10O4S/c1-33-11-12-40(47-35(3)58-67-37(47)5)28-45(33)62(41-17-18-43(42(53)29-41)61-21-19-54-31-61)27-26-59-22-24-60(25-23-59)30-46(64)57-49(52(6,7)8)51(66)63-20-9-10-44(63)50(65)56-34(2)38-13-15-39(16-14-38)48-36(4)55-32-68-48/h11-19,21,28-29,31-32,34,44,49H,9-10,20,22-27,30H2,1-8H3,(H,56,65)(H,57,64)/t34-,44-,49+/m0/s1. The van der Waals surface area contributed by atoms with Crippen LogP contribution in [0.4, 0.5) is 11.4 Å². The van der Waals surface area contributed by atoms with Crippen molar-refractivity contribution in [3.05, 3.63) is 118 Å². The first-order valence-electron chi connectivity index (χ1n) is 23.5. The van der Waals surface area contributed by atoms with Gasteiger partial charge in [-0.2, -0.15) is 0 Å². The zero-order valence-corrected chi connectivity index (χ0v) is 42.8. The minimum atomic E-state index is -0.788. The number of thiazole rings is 1. The number of hydrogen-bond acceptors (Lipinski definition) is 11. The molecule has 16 heteroatoms. The molecule has 0 bridgehead atoms. The first-order chi connectivity index (χ1) is 32.5. The van der Waals surface area contributed by atoms with Crippen LogP contribution in [0.25, 0.3) is 27.3 Å². The molecule has 6 aromatic rings. The number of likely N-dealkylation sites (tertiary alicyclic amines) is 1. The maximum atomic E-state index is 14.4. The van der Waals surface area contributed by atoms with Gasteiger partial charge in [0.15, 0.2) is 0 Å². The Morgan fingerprint density at radius 2 is 1.65 bits per heavy atom. The number of rotatable bonds is 15. The monoisotopic (exact) mass is 1000 g/mol. The number of anilines is 2. The molecular weight excluding hydrogens is 941 g/mol. The van der Waals surface area contributed by atoms with Gasteiger partial charge in [-0.15, -0.1) is 11.3 Å². The van der Waals surface area contributed by atoms with Gasteiger partial charge in [0.1, 0.15) is 17.8 Å². The van der Waals surface area contributed by atoms with Gasteiger partial charge in [-0.05, 0) is 115 Å². The molecule has 358 valence electrons. The number of piperazine rings is 1. The summed E-state index contributed by atoms with van der Waals surface area (Å²) in [6.07, 6.45) is 6.79. The molecular formula is C52H63BrN10O4S. The van der Waals surface area contributed by atoms with E-state index in [2.05, 4.69) is 112 Å². The zero-order chi connectivity index (χ0) is 48.3. The number of amides is 3. The average molecular weight is 1000 g/mol. The molecule has 8 rings (SSSR count). The van der Waals surface area contributed by atoms with Crippen molar-refractivity contribution in [1.29, 1.82) is 0 Å². The van der Waals surface area contributed by atoms with Crippen LogP contribution in [0.1, 0.15) is 74.9 Å². The van der Waals surface area contributed by atoms with Crippen LogP contribution < -0.4 is 15.5 Å². The summed E-state index contributed by atoms with van der Waals surface area (Å²) in [4.78, 5) is 60.4. The quantitative estimate of drug-likeness (QED) is 0.102. The molecule has 2 saturated heterocycles. The average Bonchev–Trinajstić information content (AvgIpc) is 4.16. The van der Waals surface area contributed by atoms with E-state index in [1.165, 1.54) is 0 Å². The highest BCUT2D eigenvalue weighted by molar-refractivity contribution is 9.10. The lowest BCUT2D eigenvalue weighted by Crippen LogP contribution is -2.59. The van der Waals surface area contributed by atoms with Crippen molar-refractivity contribution < 1.29 is 18.9 Å². The summed E-state index contributed by atoms with van der Waals surface area (Å²) in [5, 5.41) is 10.5. The van der Waals surface area contributed by atoms with E-state index in [1.54, 1.807) is 28.8 Å².